The average molecular weight is 304 g/mol. The fraction of sp³-hybridized carbons (Fsp3) is 1.00. The number of rotatable bonds is 3. The van der Waals surface area contributed by atoms with E-state index >= 15 is 0 Å². The van der Waals surface area contributed by atoms with Crippen molar-refractivity contribution in [3.05, 3.63) is 0 Å². The first kappa shape index (κ1) is 20.0. The van der Waals surface area contributed by atoms with Gasteiger partial charge in [-0.05, 0) is 13.8 Å². The highest BCUT2D eigenvalue weighted by Crippen LogP contribution is 2.14. The largest absolute Gasteiger partial charge is 0.397 e. The summed E-state index contributed by atoms with van der Waals surface area (Å²) < 4.78 is 48.6. The quantitative estimate of drug-likeness (QED) is 0.599. The summed E-state index contributed by atoms with van der Waals surface area (Å²) >= 11 is -0.750. The second-order valence-electron chi connectivity index (χ2n) is 3.99. The molecule has 1 heterocycles. The van der Waals surface area contributed by atoms with E-state index in [9.17, 15) is 8.42 Å². The number of quaternary nitrogens is 1. The molecule has 0 bridgehead atoms. The lowest BCUT2D eigenvalue weighted by Gasteiger charge is -2.26. The summed E-state index contributed by atoms with van der Waals surface area (Å²) in [5, 5.41) is 0. The summed E-state index contributed by atoms with van der Waals surface area (Å²) in [6.45, 7) is 7.87. The Balaban J connectivity index is 0. The Morgan fingerprint density at radius 3 is 1.72 bits per heavy atom. The smallest absolute Gasteiger partial charge is 0.326 e. The molecule has 0 aromatic heterocycles. The Bertz CT molecular complexity index is 331. The molecule has 0 radical (unpaired) electrons. The third kappa shape index (κ3) is 13.7. The summed E-state index contributed by atoms with van der Waals surface area (Å²) in [6, 6.07) is 0. The van der Waals surface area contributed by atoms with Gasteiger partial charge in [0.15, 0.2) is 0 Å². The van der Waals surface area contributed by atoms with Crippen LogP contribution in [-0.2, 0) is 26.2 Å². The maximum Gasteiger partial charge on any atom is 0.397 e. The van der Waals surface area contributed by atoms with E-state index < -0.39 is 22.0 Å². The third-order valence-corrected chi connectivity index (χ3v) is 3.21. The lowest BCUT2D eigenvalue weighted by atomic mass is 10.4. The average Bonchev–Trinajstić information content (AvgIpc) is 2.66. The zero-order valence-corrected chi connectivity index (χ0v) is 12.6. The molecule has 1 saturated heterocycles. The highest BCUT2D eigenvalue weighted by atomic mass is 32.3. The fourth-order valence-electron chi connectivity index (χ4n) is 1.56. The molecule has 0 aliphatic carbocycles. The molecule has 1 aliphatic heterocycles. The van der Waals surface area contributed by atoms with Crippen LogP contribution in [0.4, 0.5) is 0 Å². The van der Waals surface area contributed by atoms with Gasteiger partial charge in [0.2, 0.25) is 0 Å². The van der Waals surface area contributed by atoms with Crippen molar-refractivity contribution in [1.29, 1.82) is 0 Å². The number of likely N-dealkylation sites (tertiary alicyclic amines) is 1. The first-order valence-corrected chi connectivity index (χ1v) is 7.65. The predicted octanol–water partition coefficient (Wildman–Crippen LogP) is 0.402. The van der Waals surface area contributed by atoms with Crippen LogP contribution in [0, 0.1) is 0 Å². The zero-order chi connectivity index (χ0) is 14.7. The molecule has 0 spiro atoms. The zero-order valence-electron chi connectivity index (χ0n) is 11.0. The predicted molar refractivity (Wildman–Crippen MR) is 67.8 cm³/mol. The summed E-state index contributed by atoms with van der Waals surface area (Å²) in [6.07, 6.45) is 2.90. The minimum atomic E-state index is -4.17. The van der Waals surface area contributed by atoms with Crippen molar-refractivity contribution in [1.82, 2.24) is 0 Å². The summed E-state index contributed by atoms with van der Waals surface area (Å²) in [5.41, 5.74) is 0. The molecule has 0 aromatic rings. The highest BCUT2D eigenvalue weighted by molar-refractivity contribution is 7.80. The van der Waals surface area contributed by atoms with E-state index in [1.54, 1.807) is 0 Å². The van der Waals surface area contributed by atoms with Crippen LogP contribution in [0.5, 0.6) is 0 Å². The van der Waals surface area contributed by atoms with Gasteiger partial charge in [-0.3, -0.25) is 4.55 Å². The first-order chi connectivity index (χ1) is 8.24. The molecule has 1 aliphatic rings. The Hall–Kier alpha value is -0.350. The van der Waals surface area contributed by atoms with Crippen molar-refractivity contribution in [3.63, 3.8) is 0 Å². The van der Waals surface area contributed by atoms with E-state index in [1.807, 2.05) is 0 Å². The molecule has 1 rings (SSSR count). The second-order valence-corrected chi connectivity index (χ2v) is 5.22. The molecule has 9 heteroatoms. The van der Waals surface area contributed by atoms with Gasteiger partial charge >= 0.3 is 22.0 Å². The van der Waals surface area contributed by atoms with E-state index in [1.165, 1.54) is 43.9 Å². The standard InChI is InChI=1S/C7H16N.C2H6O4S.O2S/c1-3-8(2)6-4-5-7-8;1-2-6-7(3,4)5;1-3-2/h3-7H2,1-2H3;2H2,1H3,(H,3,4,5);/q+1;;. The van der Waals surface area contributed by atoms with Gasteiger partial charge in [0, 0.05) is 12.8 Å². The SMILES string of the molecule is CCOS(=O)(=O)O.CC[N+]1(C)CCCC1.O=S=O. The Morgan fingerprint density at radius 1 is 1.22 bits per heavy atom. The Kier molecular flexibility index (Phi) is 11.7. The maximum absolute atomic E-state index is 9.56. The van der Waals surface area contributed by atoms with Crippen molar-refractivity contribution in [2.75, 3.05) is 33.3 Å². The first-order valence-electron chi connectivity index (χ1n) is 5.61. The molecule has 18 heavy (non-hydrogen) atoms. The molecule has 110 valence electrons. The van der Waals surface area contributed by atoms with Gasteiger partial charge in [0.1, 0.15) is 0 Å². The molecular formula is C9H22NO6S2+. The Labute approximate surface area is 112 Å². The molecule has 0 amide bonds. The maximum atomic E-state index is 9.56. The molecule has 7 nitrogen and oxygen atoms in total. The van der Waals surface area contributed by atoms with Crippen molar-refractivity contribution in [2.45, 2.75) is 26.7 Å². The van der Waals surface area contributed by atoms with Crippen LogP contribution in [-0.4, -0.2) is 59.2 Å². The van der Waals surface area contributed by atoms with Crippen LogP contribution in [0.2, 0.25) is 0 Å². The van der Waals surface area contributed by atoms with Crippen LogP contribution < -0.4 is 0 Å². The van der Waals surface area contributed by atoms with Crippen LogP contribution in [0.1, 0.15) is 26.7 Å². The summed E-state index contributed by atoms with van der Waals surface area (Å²) in [4.78, 5) is 0. The molecule has 0 unspecified atom stereocenters. The topological polar surface area (TPSA) is 97.7 Å². The van der Waals surface area contributed by atoms with Crippen molar-refractivity contribution < 1.29 is 30.1 Å². The van der Waals surface area contributed by atoms with Crippen LogP contribution in [0.15, 0.2) is 0 Å². The molecular weight excluding hydrogens is 282 g/mol. The van der Waals surface area contributed by atoms with E-state index in [-0.39, 0.29) is 6.61 Å². The van der Waals surface area contributed by atoms with Gasteiger partial charge in [-0.15, -0.1) is 0 Å². The van der Waals surface area contributed by atoms with Crippen molar-refractivity contribution in [2.24, 2.45) is 0 Å². The van der Waals surface area contributed by atoms with E-state index in [0.717, 1.165) is 0 Å². The lowest BCUT2D eigenvalue weighted by molar-refractivity contribution is -0.895. The van der Waals surface area contributed by atoms with Gasteiger partial charge < -0.3 is 4.48 Å². The normalized spacial score (nSPS) is 16.9. The van der Waals surface area contributed by atoms with E-state index in [2.05, 4.69) is 18.2 Å². The van der Waals surface area contributed by atoms with E-state index in [4.69, 9.17) is 13.0 Å². The lowest BCUT2D eigenvalue weighted by Crippen LogP contribution is -2.40. The second kappa shape index (κ2) is 10.6. The van der Waals surface area contributed by atoms with E-state index in [0.29, 0.717) is 0 Å². The van der Waals surface area contributed by atoms with Gasteiger partial charge in [0.05, 0.1) is 33.3 Å². The number of hydrogen-bond donors (Lipinski definition) is 1. The molecule has 0 aromatic carbocycles. The van der Waals surface area contributed by atoms with Gasteiger partial charge in [-0.25, -0.2) is 4.18 Å². The summed E-state index contributed by atoms with van der Waals surface area (Å²) in [5.74, 6) is 0. The van der Waals surface area contributed by atoms with Gasteiger partial charge in [-0.2, -0.15) is 16.8 Å². The fourth-order valence-corrected chi connectivity index (χ4v) is 1.86. The van der Waals surface area contributed by atoms with Crippen LogP contribution in [0.3, 0.4) is 0 Å². The van der Waals surface area contributed by atoms with Crippen LogP contribution >= 0.6 is 0 Å². The number of nitrogens with zero attached hydrogens (tertiary/aromatic N) is 1. The minimum Gasteiger partial charge on any atom is -0.326 e. The highest BCUT2D eigenvalue weighted by Gasteiger charge is 2.23. The molecule has 1 fully saturated rings. The van der Waals surface area contributed by atoms with Gasteiger partial charge in [0.25, 0.3) is 0 Å². The minimum absolute atomic E-state index is 0.0289. The third-order valence-electron chi connectivity index (χ3n) is 2.68. The van der Waals surface area contributed by atoms with Crippen molar-refractivity contribution >= 4 is 22.0 Å². The Morgan fingerprint density at radius 2 is 1.61 bits per heavy atom. The number of hydrogen-bond acceptors (Lipinski definition) is 5. The summed E-state index contributed by atoms with van der Waals surface area (Å²) in [7, 11) is -1.82. The van der Waals surface area contributed by atoms with Crippen LogP contribution in [0.25, 0.3) is 0 Å². The molecule has 0 atom stereocenters. The molecule has 1 N–H and O–H groups in total. The molecule has 0 saturated carbocycles. The van der Waals surface area contributed by atoms with Crippen molar-refractivity contribution in [3.8, 4) is 0 Å². The monoisotopic (exact) mass is 304 g/mol. The van der Waals surface area contributed by atoms with Gasteiger partial charge in [-0.1, -0.05) is 0 Å².